The Morgan fingerprint density at radius 2 is 1.46 bits per heavy atom. The fourth-order valence-corrected chi connectivity index (χ4v) is 9.68. The zero-order chi connectivity index (χ0) is 48.9. The molecule has 3 heterocycles. The summed E-state index contributed by atoms with van der Waals surface area (Å²) in [6.07, 6.45) is 12.3. The number of carbonyl (C=O) groups excluding carboxylic acids is 6. The van der Waals surface area contributed by atoms with Gasteiger partial charge < -0.3 is 35.4 Å². The van der Waals surface area contributed by atoms with Crippen molar-refractivity contribution in [2.24, 2.45) is 11.8 Å². The molecule has 6 rings (SSSR count). The molecule has 5 amide bonds. The van der Waals surface area contributed by atoms with Crippen molar-refractivity contribution in [3.63, 3.8) is 0 Å². The lowest BCUT2D eigenvalue weighted by Gasteiger charge is -2.36. The molecule has 68 heavy (non-hydrogen) atoms. The second-order valence-electron chi connectivity index (χ2n) is 18.5. The molecule has 13 nitrogen and oxygen atoms in total. The summed E-state index contributed by atoms with van der Waals surface area (Å²) < 4.78 is 19.0. The Morgan fingerprint density at radius 3 is 2.10 bits per heavy atom. The second-order valence-corrected chi connectivity index (χ2v) is 18.5. The predicted octanol–water partition coefficient (Wildman–Crippen LogP) is 8.48. The first-order valence-electron chi connectivity index (χ1n) is 24.6. The van der Waals surface area contributed by atoms with Crippen molar-refractivity contribution in [1.29, 1.82) is 0 Å². The molecule has 364 valence electrons. The van der Waals surface area contributed by atoms with Crippen LogP contribution in [0.25, 0.3) is 0 Å². The molecule has 3 aliphatic rings. The first-order chi connectivity index (χ1) is 32.8. The summed E-state index contributed by atoms with van der Waals surface area (Å²) in [7, 11) is 1.27. The molecule has 2 saturated heterocycles. The molecule has 0 bridgehead atoms. The zero-order valence-electron chi connectivity index (χ0n) is 40.5. The molecule has 0 aliphatic carbocycles. The first-order valence-corrected chi connectivity index (χ1v) is 24.6. The molecule has 14 heteroatoms. The van der Waals surface area contributed by atoms with E-state index in [9.17, 15) is 33.2 Å². The number of ether oxygens (including phenoxy) is 1. The third-order valence-electron chi connectivity index (χ3n) is 14.1. The molecule has 2 fully saturated rings. The number of ketones is 1. The summed E-state index contributed by atoms with van der Waals surface area (Å²) in [5, 5.41) is 8.59. The van der Waals surface area contributed by atoms with Gasteiger partial charge in [-0.25, -0.2) is 9.18 Å². The van der Waals surface area contributed by atoms with Gasteiger partial charge >= 0.3 is 6.09 Å². The van der Waals surface area contributed by atoms with Gasteiger partial charge in [0.1, 0.15) is 29.5 Å². The molecule has 0 radical (unpaired) electrons. The summed E-state index contributed by atoms with van der Waals surface area (Å²) in [4.78, 5) is 84.6. The maximum Gasteiger partial charge on any atom is 0.407 e. The van der Waals surface area contributed by atoms with E-state index in [1.165, 1.54) is 19.2 Å². The highest BCUT2D eigenvalue weighted by molar-refractivity contribution is 6.00. The number of rotatable bonds is 20. The van der Waals surface area contributed by atoms with Gasteiger partial charge in [-0.3, -0.25) is 24.0 Å². The van der Waals surface area contributed by atoms with Crippen LogP contribution in [0.3, 0.4) is 0 Å². The van der Waals surface area contributed by atoms with E-state index < -0.39 is 30.3 Å². The Labute approximate surface area is 401 Å². The lowest BCUT2D eigenvalue weighted by molar-refractivity contribution is -0.142. The van der Waals surface area contributed by atoms with Gasteiger partial charge in [-0.05, 0) is 116 Å². The molecule has 3 aliphatic heterocycles. The third kappa shape index (κ3) is 12.7. The number of anilines is 2. The number of alkyl carbamates (subject to hydrolysis) is 1. The predicted molar refractivity (Wildman–Crippen MR) is 262 cm³/mol. The van der Waals surface area contributed by atoms with Gasteiger partial charge in [0.05, 0.1) is 25.2 Å². The second kappa shape index (κ2) is 24.2. The van der Waals surface area contributed by atoms with E-state index in [1.807, 2.05) is 70.2 Å². The monoisotopic (exact) mass is 934 g/mol. The summed E-state index contributed by atoms with van der Waals surface area (Å²) >= 11 is 0. The zero-order valence-corrected chi connectivity index (χ0v) is 40.5. The Balaban J connectivity index is 1.07. The van der Waals surface area contributed by atoms with E-state index in [0.717, 1.165) is 41.6 Å². The normalized spacial score (nSPS) is 20.8. The number of benzene rings is 3. The summed E-state index contributed by atoms with van der Waals surface area (Å²) in [5.41, 5.74) is 4.69. The standard InChI is InChI=1S/C54H69FN6O7/c1-7-35(4)49(57-48(63)9-3)52(65)60-32-11-10-15-46(60)51(64)56-41-26-22-39(23-27-41)44-31-30-43(61(44)42-28-24-40(55)25-29-42)34-38-20-18-37(19-21-38)14-12-17-47(62)45-16-13-33-59(45)53(66)50(36(5)8-2)58-54(67)68-6/h10,15,18-29,34-36,43-46,49-50H,7-9,11-14,16-17,30-33H2,1-6H3,(H2-,56,57,58,63,64,67)/p+1. The number of nitrogens with one attached hydrogen (secondary N) is 3. The highest BCUT2D eigenvalue weighted by Gasteiger charge is 2.40. The third-order valence-corrected chi connectivity index (χ3v) is 14.1. The average molecular weight is 934 g/mol. The van der Waals surface area contributed by atoms with Crippen LogP contribution in [0.15, 0.2) is 84.9 Å². The quantitative estimate of drug-likeness (QED) is 0.0753. The number of hydrogen-bond donors (Lipinski definition) is 3. The number of carbonyl (C=O) groups is 6. The van der Waals surface area contributed by atoms with E-state index in [4.69, 9.17) is 4.74 Å². The number of likely N-dealkylation sites (tertiary alicyclic amines) is 1. The molecule has 0 aromatic heterocycles. The van der Waals surface area contributed by atoms with Gasteiger partial charge in [0.2, 0.25) is 17.7 Å². The number of amides is 5. The van der Waals surface area contributed by atoms with Crippen LogP contribution in [0, 0.1) is 24.1 Å². The van der Waals surface area contributed by atoms with Crippen LogP contribution in [0.1, 0.15) is 122 Å². The van der Waals surface area contributed by atoms with Gasteiger partial charge in [-0.15, -0.1) is 0 Å². The first kappa shape index (κ1) is 51.2. The molecule has 3 N–H and O–H groups in total. The average Bonchev–Trinajstić information content (AvgIpc) is 4.03. The number of halogens is 1. The van der Waals surface area contributed by atoms with Crippen molar-refractivity contribution >= 4 is 46.9 Å². The molecule has 8 atom stereocenters. The Hall–Kier alpha value is -6.18. The van der Waals surface area contributed by atoms with E-state index in [2.05, 4.69) is 51.5 Å². The number of nitrogens with zero attached hydrogens (tertiary/aromatic N) is 3. The van der Waals surface area contributed by atoms with Gasteiger partial charge in [-0.1, -0.05) is 71.7 Å². The Bertz CT molecular complexity index is 2230. The van der Waals surface area contributed by atoms with Crippen LogP contribution in [-0.4, -0.2) is 95.7 Å². The van der Waals surface area contributed by atoms with E-state index in [-0.39, 0.29) is 65.6 Å². The minimum Gasteiger partial charge on any atom is -0.453 e. The van der Waals surface area contributed by atoms with Crippen molar-refractivity contribution in [2.45, 2.75) is 141 Å². The van der Waals surface area contributed by atoms with Gasteiger partial charge in [0.25, 0.3) is 5.91 Å². The molecule has 3 aromatic rings. The van der Waals surface area contributed by atoms with Crippen LogP contribution in [-0.2, 0) is 35.1 Å². The van der Waals surface area contributed by atoms with Crippen molar-refractivity contribution in [3.8, 4) is 0 Å². The topological polar surface area (TPSA) is 157 Å². The van der Waals surface area contributed by atoms with Crippen LogP contribution in [0.5, 0.6) is 0 Å². The molecule has 0 saturated carbocycles. The number of aryl methyl sites for hydroxylation is 1. The van der Waals surface area contributed by atoms with Crippen molar-refractivity contribution in [2.75, 3.05) is 30.4 Å². The maximum atomic E-state index is 14.2. The molecular weight excluding hydrogens is 864 g/mol. The summed E-state index contributed by atoms with van der Waals surface area (Å²) in [6.45, 7) is 10.4. The van der Waals surface area contributed by atoms with Crippen LogP contribution < -0.4 is 20.9 Å². The van der Waals surface area contributed by atoms with Gasteiger partial charge in [-0.2, -0.15) is 0 Å². The highest BCUT2D eigenvalue weighted by Crippen LogP contribution is 2.42. The van der Waals surface area contributed by atoms with Crippen LogP contribution >= 0.6 is 0 Å². The van der Waals surface area contributed by atoms with Gasteiger partial charge in [0.15, 0.2) is 5.78 Å². The largest absolute Gasteiger partial charge is 0.453 e. The fourth-order valence-electron chi connectivity index (χ4n) is 9.68. The molecule has 0 spiro atoms. The lowest BCUT2D eigenvalue weighted by atomic mass is 9.96. The maximum absolute atomic E-state index is 14.2. The van der Waals surface area contributed by atoms with E-state index >= 15 is 0 Å². The van der Waals surface area contributed by atoms with Crippen molar-refractivity contribution in [3.05, 3.63) is 114 Å². The number of Topliss-reactive ketones (excluding diaryl/α,β-unsaturated/α-hetero) is 1. The van der Waals surface area contributed by atoms with Gasteiger partial charge in [0, 0.05) is 55.9 Å². The molecule has 8 unspecified atom stereocenters. The molecular formula is C54H70FN6O7+. The molecule has 3 aromatic carbocycles. The van der Waals surface area contributed by atoms with Crippen LogP contribution in [0.4, 0.5) is 20.6 Å². The Kier molecular flexibility index (Phi) is 18.2. The van der Waals surface area contributed by atoms with Crippen molar-refractivity contribution in [1.82, 2.24) is 20.4 Å². The minimum atomic E-state index is -0.821. The smallest absolute Gasteiger partial charge is 0.407 e. The number of methoxy groups -OCH3 is 1. The lowest BCUT2D eigenvalue weighted by Crippen LogP contribution is -2.57. The summed E-state index contributed by atoms with van der Waals surface area (Å²) in [6, 6.07) is 19.9. The highest BCUT2D eigenvalue weighted by atomic mass is 19.1. The summed E-state index contributed by atoms with van der Waals surface area (Å²) in [5.74, 6) is -1.52. The van der Waals surface area contributed by atoms with E-state index in [1.54, 1.807) is 22.8 Å². The van der Waals surface area contributed by atoms with E-state index in [0.29, 0.717) is 63.7 Å². The SMILES string of the molecule is CCC(=O)NC(C(=O)N1CCC=CC1C(=O)Nc1ccc(C2CCC([CH+]c3ccc(CCCC(=O)C4CCCN4C(=O)C(NC(=O)OC)C(C)CC)cc3)N2c2ccc(F)cc2)cc1)C(C)CC. The minimum absolute atomic E-state index is 0.0103. The fraction of sp³-hybridized carbons (Fsp3) is 0.500. The van der Waals surface area contributed by atoms with Crippen LogP contribution in [0.2, 0.25) is 0 Å². The Morgan fingerprint density at radius 1 is 0.794 bits per heavy atom. The number of hydrogen-bond acceptors (Lipinski definition) is 8. The van der Waals surface area contributed by atoms with Crippen molar-refractivity contribution < 1.29 is 37.9 Å².